The maximum atomic E-state index is 11.7. The van der Waals surface area contributed by atoms with E-state index >= 15 is 0 Å². The molecule has 5 heteroatoms. The van der Waals surface area contributed by atoms with Crippen LogP contribution in [0.25, 0.3) is 0 Å². The van der Waals surface area contributed by atoms with Crippen LogP contribution in [0, 0.1) is 0 Å². The van der Waals surface area contributed by atoms with Crippen LogP contribution in [0.2, 0.25) is 0 Å². The van der Waals surface area contributed by atoms with Gasteiger partial charge in [0.1, 0.15) is 17.2 Å². The molecule has 0 bridgehead atoms. The van der Waals surface area contributed by atoms with Crippen molar-refractivity contribution in [3.8, 4) is 17.2 Å². The van der Waals surface area contributed by atoms with Gasteiger partial charge < -0.3 is 20.4 Å². The lowest BCUT2D eigenvalue weighted by Crippen LogP contribution is -2.10. The van der Waals surface area contributed by atoms with Crippen LogP contribution in [-0.4, -0.2) is 26.4 Å². The zero-order chi connectivity index (χ0) is 18.0. The number of carboxylic acids is 1. The van der Waals surface area contributed by atoms with Crippen molar-refractivity contribution in [1.29, 1.82) is 0 Å². The first-order chi connectivity index (χ1) is 12.0. The lowest BCUT2D eigenvalue weighted by Gasteiger charge is -2.21. The van der Waals surface area contributed by atoms with Gasteiger partial charge in [0.15, 0.2) is 0 Å². The minimum atomic E-state index is -1.14. The normalized spacial score (nSPS) is 10.8. The number of phenolic OH excluding ortho intramolecular Hbond substituents is 3. The van der Waals surface area contributed by atoms with E-state index < -0.39 is 11.9 Å². The Morgan fingerprint density at radius 2 is 1.12 bits per heavy atom. The highest BCUT2D eigenvalue weighted by Gasteiger charge is 2.23. The molecule has 0 saturated heterocycles. The molecular formula is C20H16O5. The zero-order valence-corrected chi connectivity index (χ0v) is 13.1. The Labute approximate surface area is 144 Å². The molecule has 0 aliphatic heterocycles. The fourth-order valence-corrected chi connectivity index (χ4v) is 2.87. The number of carbonyl (C=O) groups is 1. The number of rotatable bonds is 4. The average molecular weight is 336 g/mol. The molecular weight excluding hydrogens is 320 g/mol. The highest BCUT2D eigenvalue weighted by molar-refractivity contribution is 5.90. The number of carboxylic acid groups (broad SMARTS) is 1. The fourth-order valence-electron chi connectivity index (χ4n) is 2.87. The monoisotopic (exact) mass is 336 g/mol. The molecule has 0 fully saturated rings. The predicted octanol–water partition coefficient (Wildman–Crippen LogP) is 3.68. The molecule has 4 N–H and O–H groups in total. The largest absolute Gasteiger partial charge is 0.508 e. The van der Waals surface area contributed by atoms with Crippen molar-refractivity contribution in [3.05, 3.63) is 89.0 Å². The number of benzene rings is 3. The SMILES string of the molecule is O=C(O)c1cc(O)ccc1C(c1ccc(O)cc1)c1ccc(O)cc1. The van der Waals surface area contributed by atoms with Crippen molar-refractivity contribution in [2.24, 2.45) is 0 Å². The molecule has 126 valence electrons. The first-order valence-electron chi connectivity index (χ1n) is 7.60. The van der Waals surface area contributed by atoms with Crippen LogP contribution in [0.1, 0.15) is 33.0 Å². The second-order valence-corrected chi connectivity index (χ2v) is 5.69. The minimum absolute atomic E-state index is 0.00819. The maximum Gasteiger partial charge on any atom is 0.336 e. The third-order valence-corrected chi connectivity index (χ3v) is 4.03. The predicted molar refractivity (Wildman–Crippen MR) is 92.2 cm³/mol. The molecule has 3 aromatic carbocycles. The summed E-state index contributed by atoms with van der Waals surface area (Å²) in [6.45, 7) is 0. The van der Waals surface area contributed by atoms with E-state index in [0.29, 0.717) is 5.56 Å². The van der Waals surface area contributed by atoms with E-state index in [1.54, 1.807) is 30.3 Å². The Morgan fingerprint density at radius 3 is 1.56 bits per heavy atom. The van der Waals surface area contributed by atoms with Crippen LogP contribution in [0.5, 0.6) is 17.2 Å². The summed E-state index contributed by atoms with van der Waals surface area (Å²) in [6, 6.07) is 17.2. The first kappa shape index (κ1) is 16.4. The Balaban J connectivity index is 2.23. The van der Waals surface area contributed by atoms with E-state index in [-0.39, 0.29) is 22.8 Å². The van der Waals surface area contributed by atoms with E-state index in [1.807, 2.05) is 0 Å². The second-order valence-electron chi connectivity index (χ2n) is 5.69. The summed E-state index contributed by atoms with van der Waals surface area (Å²) >= 11 is 0. The number of hydrogen-bond acceptors (Lipinski definition) is 4. The summed E-state index contributed by atoms with van der Waals surface area (Å²) in [5, 5.41) is 38.3. The molecule has 0 aliphatic rings. The molecule has 0 spiro atoms. The topological polar surface area (TPSA) is 98.0 Å². The van der Waals surface area contributed by atoms with Crippen LogP contribution in [0.15, 0.2) is 66.7 Å². The Kier molecular flexibility index (Phi) is 4.31. The summed E-state index contributed by atoms with van der Waals surface area (Å²) in [6.07, 6.45) is 0. The standard InChI is InChI=1S/C20H16O5/c21-14-5-1-12(2-6-14)19(13-3-7-15(22)8-4-13)17-10-9-16(23)11-18(17)20(24)25/h1-11,19,21-23H,(H,24,25). The second kappa shape index (κ2) is 6.57. The smallest absolute Gasteiger partial charge is 0.336 e. The molecule has 0 saturated carbocycles. The van der Waals surface area contributed by atoms with Crippen LogP contribution in [0.4, 0.5) is 0 Å². The summed E-state index contributed by atoms with van der Waals surface area (Å²) in [7, 11) is 0. The van der Waals surface area contributed by atoms with Gasteiger partial charge in [0.25, 0.3) is 0 Å². The lowest BCUT2D eigenvalue weighted by atomic mass is 9.82. The van der Waals surface area contributed by atoms with E-state index in [1.165, 1.54) is 36.4 Å². The first-order valence-corrected chi connectivity index (χ1v) is 7.60. The summed E-state index contributed by atoms with van der Waals surface area (Å²) in [5.74, 6) is -1.49. The van der Waals surface area contributed by atoms with Gasteiger partial charge in [-0.3, -0.25) is 0 Å². The van der Waals surface area contributed by atoms with E-state index in [0.717, 1.165) is 11.1 Å². The van der Waals surface area contributed by atoms with Gasteiger partial charge >= 0.3 is 5.97 Å². The van der Waals surface area contributed by atoms with Gasteiger partial charge in [0.05, 0.1) is 5.56 Å². The molecule has 3 rings (SSSR count). The summed E-state index contributed by atoms with van der Waals surface area (Å²) < 4.78 is 0. The van der Waals surface area contributed by atoms with Gasteiger partial charge in [-0.2, -0.15) is 0 Å². The van der Waals surface area contributed by atoms with E-state index in [4.69, 9.17) is 0 Å². The number of aromatic carboxylic acids is 1. The third kappa shape index (κ3) is 3.40. The molecule has 0 aromatic heterocycles. The quantitative estimate of drug-likeness (QED) is 0.545. The van der Waals surface area contributed by atoms with Crippen LogP contribution in [0.3, 0.4) is 0 Å². The number of phenols is 3. The van der Waals surface area contributed by atoms with E-state index in [9.17, 15) is 25.2 Å². The van der Waals surface area contributed by atoms with Crippen LogP contribution < -0.4 is 0 Å². The van der Waals surface area contributed by atoms with Gasteiger partial charge in [0, 0.05) is 5.92 Å². The van der Waals surface area contributed by atoms with Crippen molar-refractivity contribution in [2.45, 2.75) is 5.92 Å². The van der Waals surface area contributed by atoms with Crippen LogP contribution in [-0.2, 0) is 0 Å². The Morgan fingerprint density at radius 1 is 0.680 bits per heavy atom. The number of hydrogen-bond donors (Lipinski definition) is 4. The molecule has 0 radical (unpaired) electrons. The molecule has 0 aliphatic carbocycles. The molecule has 0 amide bonds. The Hall–Kier alpha value is -3.47. The maximum absolute atomic E-state index is 11.7. The van der Waals surface area contributed by atoms with Gasteiger partial charge in [-0.15, -0.1) is 0 Å². The molecule has 25 heavy (non-hydrogen) atoms. The Bertz CT molecular complexity index is 853. The minimum Gasteiger partial charge on any atom is -0.508 e. The van der Waals surface area contributed by atoms with Gasteiger partial charge in [0.2, 0.25) is 0 Å². The summed E-state index contributed by atoms with van der Waals surface area (Å²) in [4.78, 5) is 11.7. The molecule has 5 nitrogen and oxygen atoms in total. The molecule has 0 heterocycles. The molecule has 3 aromatic rings. The average Bonchev–Trinajstić information content (AvgIpc) is 2.59. The van der Waals surface area contributed by atoms with Crippen molar-refractivity contribution < 1.29 is 25.2 Å². The molecule has 0 unspecified atom stereocenters. The van der Waals surface area contributed by atoms with E-state index in [2.05, 4.69) is 0 Å². The fraction of sp³-hybridized carbons (Fsp3) is 0.0500. The van der Waals surface area contributed by atoms with Gasteiger partial charge in [-0.05, 0) is 53.1 Å². The van der Waals surface area contributed by atoms with Crippen molar-refractivity contribution in [1.82, 2.24) is 0 Å². The lowest BCUT2D eigenvalue weighted by molar-refractivity contribution is 0.0695. The van der Waals surface area contributed by atoms with Crippen molar-refractivity contribution in [3.63, 3.8) is 0 Å². The van der Waals surface area contributed by atoms with Crippen LogP contribution >= 0.6 is 0 Å². The highest BCUT2D eigenvalue weighted by Crippen LogP contribution is 2.36. The van der Waals surface area contributed by atoms with Gasteiger partial charge in [-0.1, -0.05) is 30.3 Å². The highest BCUT2D eigenvalue weighted by atomic mass is 16.4. The third-order valence-electron chi connectivity index (χ3n) is 4.03. The number of aromatic hydroxyl groups is 3. The van der Waals surface area contributed by atoms with Crippen molar-refractivity contribution in [2.75, 3.05) is 0 Å². The summed E-state index contributed by atoms with van der Waals surface area (Å²) in [5.41, 5.74) is 2.04. The molecule has 0 atom stereocenters. The zero-order valence-electron chi connectivity index (χ0n) is 13.1. The van der Waals surface area contributed by atoms with Crippen molar-refractivity contribution >= 4 is 5.97 Å². The van der Waals surface area contributed by atoms with Gasteiger partial charge in [-0.25, -0.2) is 4.79 Å².